The number of primary amides is 1. The predicted octanol–water partition coefficient (Wildman–Crippen LogP) is -0.0362. The average Bonchev–Trinajstić information content (AvgIpc) is 2.88. The molecule has 0 spiro atoms. The van der Waals surface area contributed by atoms with E-state index < -0.39 is 6.04 Å². The highest BCUT2D eigenvalue weighted by atomic mass is 16.1. The van der Waals surface area contributed by atoms with E-state index in [1.54, 1.807) is 19.6 Å². The van der Waals surface area contributed by atoms with E-state index in [0.29, 0.717) is 6.04 Å². The normalized spacial score (nSPS) is 18.1. The van der Waals surface area contributed by atoms with Crippen LogP contribution >= 0.6 is 0 Å². The van der Waals surface area contributed by atoms with Crippen LogP contribution in [-0.4, -0.2) is 22.5 Å². The van der Waals surface area contributed by atoms with Crippen molar-refractivity contribution in [2.75, 3.05) is 7.05 Å². The van der Waals surface area contributed by atoms with Crippen LogP contribution in [0.1, 0.15) is 30.6 Å². The topological polar surface area (TPSA) is 72.9 Å². The van der Waals surface area contributed by atoms with Gasteiger partial charge in [0.25, 0.3) is 0 Å². The predicted molar refractivity (Wildman–Crippen MR) is 51.5 cm³/mol. The zero-order valence-electron chi connectivity index (χ0n) is 8.10. The maximum atomic E-state index is 11.1. The summed E-state index contributed by atoms with van der Waals surface area (Å²) in [4.78, 5) is 15.2. The number of nitrogens with two attached hydrogens (primary N) is 1. The fourth-order valence-electron chi connectivity index (χ4n) is 1.63. The van der Waals surface area contributed by atoms with E-state index in [1.165, 1.54) is 12.8 Å². The Kier molecular flexibility index (Phi) is 2.25. The van der Waals surface area contributed by atoms with Crippen LogP contribution in [0.25, 0.3) is 0 Å². The lowest BCUT2D eigenvalue weighted by Crippen LogP contribution is -2.32. The number of rotatable bonds is 4. The van der Waals surface area contributed by atoms with Gasteiger partial charge in [0.2, 0.25) is 5.91 Å². The summed E-state index contributed by atoms with van der Waals surface area (Å²) in [5.41, 5.74) is 6.15. The molecule has 1 aromatic rings. The minimum Gasteiger partial charge on any atom is -0.368 e. The monoisotopic (exact) mass is 194 g/mol. The lowest BCUT2D eigenvalue weighted by atomic mass is 10.2. The van der Waals surface area contributed by atoms with Gasteiger partial charge in [-0.2, -0.15) is 0 Å². The number of hydrogen-bond donors (Lipinski definition) is 2. The van der Waals surface area contributed by atoms with Crippen LogP contribution in [0.5, 0.6) is 0 Å². The second-order valence-electron chi connectivity index (χ2n) is 3.58. The van der Waals surface area contributed by atoms with Gasteiger partial charge in [-0.3, -0.25) is 4.79 Å². The van der Waals surface area contributed by atoms with Gasteiger partial charge in [0, 0.05) is 6.04 Å². The summed E-state index contributed by atoms with van der Waals surface area (Å²) in [6.45, 7) is 0. The molecule has 1 aliphatic rings. The summed E-state index contributed by atoms with van der Waals surface area (Å²) in [5, 5.41) is 2.89. The molecule has 0 saturated heterocycles. The Balaban J connectivity index is 2.28. The van der Waals surface area contributed by atoms with Gasteiger partial charge in [-0.05, 0) is 19.9 Å². The molecule has 1 atom stereocenters. The third-order valence-corrected chi connectivity index (χ3v) is 2.51. The van der Waals surface area contributed by atoms with Crippen LogP contribution in [0, 0.1) is 0 Å². The largest absolute Gasteiger partial charge is 0.368 e. The third-order valence-electron chi connectivity index (χ3n) is 2.51. The summed E-state index contributed by atoms with van der Waals surface area (Å²) < 4.78 is 2.03. The molecule has 3 N–H and O–H groups in total. The van der Waals surface area contributed by atoms with Crippen molar-refractivity contribution in [3.63, 3.8) is 0 Å². The molecule has 1 aromatic heterocycles. The number of carbonyl (C=O) groups is 1. The van der Waals surface area contributed by atoms with Crippen molar-refractivity contribution in [2.24, 2.45) is 5.73 Å². The second kappa shape index (κ2) is 3.42. The van der Waals surface area contributed by atoms with Crippen LogP contribution in [0.4, 0.5) is 0 Å². The number of carbonyl (C=O) groups excluding carboxylic acids is 1. The molecule has 1 amide bonds. The number of imidazole rings is 1. The Morgan fingerprint density at radius 1 is 1.79 bits per heavy atom. The zero-order valence-corrected chi connectivity index (χ0v) is 8.10. The lowest BCUT2D eigenvalue weighted by molar-refractivity contribution is -0.120. The Labute approximate surface area is 82.3 Å². The molecule has 5 heteroatoms. The number of nitrogens with zero attached hydrogens (tertiary/aromatic N) is 2. The van der Waals surface area contributed by atoms with Crippen molar-refractivity contribution in [1.82, 2.24) is 14.9 Å². The number of aromatic nitrogens is 2. The first-order valence-electron chi connectivity index (χ1n) is 4.72. The molecule has 1 fully saturated rings. The molecule has 14 heavy (non-hydrogen) atoms. The van der Waals surface area contributed by atoms with Gasteiger partial charge in [-0.15, -0.1) is 0 Å². The first-order valence-corrected chi connectivity index (χ1v) is 4.72. The van der Waals surface area contributed by atoms with E-state index in [0.717, 1.165) is 5.69 Å². The molecule has 0 radical (unpaired) electrons. The summed E-state index contributed by atoms with van der Waals surface area (Å²) in [7, 11) is 1.72. The summed E-state index contributed by atoms with van der Waals surface area (Å²) in [5.74, 6) is -0.366. The molecule has 0 aliphatic heterocycles. The SMILES string of the molecule is CNC(C(N)=O)c1cncn1C1CC1. The quantitative estimate of drug-likeness (QED) is 0.706. The molecule has 1 saturated carbocycles. The molecule has 76 valence electrons. The molecule has 5 nitrogen and oxygen atoms in total. The molecule has 0 aromatic carbocycles. The minimum absolute atomic E-state index is 0.366. The van der Waals surface area contributed by atoms with E-state index >= 15 is 0 Å². The Hall–Kier alpha value is -1.36. The molecule has 1 unspecified atom stereocenters. The number of amides is 1. The van der Waals surface area contributed by atoms with Gasteiger partial charge < -0.3 is 15.6 Å². The van der Waals surface area contributed by atoms with E-state index in [2.05, 4.69) is 10.3 Å². The van der Waals surface area contributed by atoms with Crippen molar-refractivity contribution in [2.45, 2.75) is 24.9 Å². The van der Waals surface area contributed by atoms with Gasteiger partial charge in [-0.25, -0.2) is 4.98 Å². The van der Waals surface area contributed by atoms with Crippen molar-refractivity contribution in [1.29, 1.82) is 0 Å². The molecular weight excluding hydrogens is 180 g/mol. The Bertz CT molecular complexity index is 342. The number of nitrogens with one attached hydrogen (secondary N) is 1. The molecule has 2 rings (SSSR count). The molecular formula is C9H14N4O. The summed E-state index contributed by atoms with van der Waals surface area (Å²) in [6.07, 6.45) is 5.79. The second-order valence-corrected chi connectivity index (χ2v) is 3.58. The van der Waals surface area contributed by atoms with Gasteiger partial charge in [0.05, 0.1) is 18.2 Å². The van der Waals surface area contributed by atoms with Crippen molar-refractivity contribution >= 4 is 5.91 Å². The van der Waals surface area contributed by atoms with Gasteiger partial charge in [0.1, 0.15) is 6.04 Å². The van der Waals surface area contributed by atoms with E-state index in [-0.39, 0.29) is 5.91 Å². The van der Waals surface area contributed by atoms with Crippen molar-refractivity contribution in [3.8, 4) is 0 Å². The number of likely N-dealkylation sites (N-methyl/N-ethyl adjacent to an activating group) is 1. The highest BCUT2D eigenvalue weighted by molar-refractivity contribution is 5.80. The summed E-state index contributed by atoms with van der Waals surface area (Å²) in [6, 6.07) is 0.0841. The minimum atomic E-state index is -0.432. The van der Waals surface area contributed by atoms with E-state index in [4.69, 9.17) is 5.73 Å². The average molecular weight is 194 g/mol. The Morgan fingerprint density at radius 2 is 2.50 bits per heavy atom. The highest BCUT2D eigenvalue weighted by Gasteiger charge is 2.29. The van der Waals surface area contributed by atoms with Crippen LogP contribution < -0.4 is 11.1 Å². The van der Waals surface area contributed by atoms with Crippen LogP contribution in [0.15, 0.2) is 12.5 Å². The molecule has 0 bridgehead atoms. The van der Waals surface area contributed by atoms with Gasteiger partial charge in [0.15, 0.2) is 0 Å². The maximum absolute atomic E-state index is 11.1. The Morgan fingerprint density at radius 3 is 3.00 bits per heavy atom. The highest BCUT2D eigenvalue weighted by Crippen LogP contribution is 2.36. The molecule has 1 aliphatic carbocycles. The first kappa shape index (κ1) is 9.21. The third kappa shape index (κ3) is 1.50. The van der Waals surface area contributed by atoms with Crippen molar-refractivity contribution < 1.29 is 4.79 Å². The first-order chi connectivity index (χ1) is 6.74. The van der Waals surface area contributed by atoms with Gasteiger partial charge >= 0.3 is 0 Å². The molecule has 1 heterocycles. The van der Waals surface area contributed by atoms with Crippen molar-refractivity contribution in [3.05, 3.63) is 18.2 Å². The zero-order chi connectivity index (χ0) is 10.1. The number of hydrogen-bond acceptors (Lipinski definition) is 3. The lowest BCUT2D eigenvalue weighted by Gasteiger charge is -2.14. The maximum Gasteiger partial charge on any atom is 0.240 e. The van der Waals surface area contributed by atoms with Gasteiger partial charge in [-0.1, -0.05) is 0 Å². The van der Waals surface area contributed by atoms with E-state index in [9.17, 15) is 4.79 Å². The van der Waals surface area contributed by atoms with Crippen LogP contribution in [0.2, 0.25) is 0 Å². The smallest absolute Gasteiger partial charge is 0.240 e. The van der Waals surface area contributed by atoms with Crippen LogP contribution in [0.3, 0.4) is 0 Å². The van der Waals surface area contributed by atoms with Crippen LogP contribution in [-0.2, 0) is 4.79 Å². The summed E-state index contributed by atoms with van der Waals surface area (Å²) >= 11 is 0. The standard InChI is InChI=1S/C9H14N4O/c1-11-8(9(10)14)7-4-12-5-13(7)6-2-3-6/h4-6,8,11H,2-3H2,1H3,(H2,10,14). The fraction of sp³-hybridized carbons (Fsp3) is 0.556. The fourth-order valence-corrected chi connectivity index (χ4v) is 1.63. The van der Waals surface area contributed by atoms with E-state index in [1.807, 2.05) is 4.57 Å².